The highest BCUT2D eigenvalue weighted by molar-refractivity contribution is 9.09. The van der Waals surface area contributed by atoms with Crippen molar-refractivity contribution in [3.8, 4) is 29.1 Å². The molecule has 0 saturated heterocycles. The third-order valence-electron chi connectivity index (χ3n) is 6.58. The van der Waals surface area contributed by atoms with Gasteiger partial charge in [-0.15, -0.1) is 12.4 Å². The van der Waals surface area contributed by atoms with Gasteiger partial charge in [0.1, 0.15) is 23.0 Å². The van der Waals surface area contributed by atoms with Gasteiger partial charge in [0.05, 0.1) is 57.8 Å². The first-order chi connectivity index (χ1) is 25.0. The number of benzene rings is 4. The van der Waals surface area contributed by atoms with E-state index in [0.29, 0.717) is 55.6 Å². The second kappa shape index (κ2) is 29.5. The lowest BCUT2D eigenvalue weighted by molar-refractivity contribution is 0.298. The lowest BCUT2D eigenvalue weighted by Gasteiger charge is -2.08. The Hall–Kier alpha value is -5.27. The molecular weight excluding hydrogens is 744 g/mol. The lowest BCUT2D eigenvalue weighted by Crippen LogP contribution is -2.20. The molecule has 0 aliphatic rings. The Bertz CT molecular complexity index is 1550. The van der Waals surface area contributed by atoms with Crippen LogP contribution in [0.15, 0.2) is 97.1 Å². The minimum Gasteiger partial charge on any atom is -0.494 e. The molecule has 0 aliphatic heterocycles. The predicted octanol–water partition coefficient (Wildman–Crippen LogP) is 9.72. The maximum atomic E-state index is 8.73. The van der Waals surface area contributed by atoms with Crippen molar-refractivity contribution in [1.82, 2.24) is 5.32 Å². The van der Waals surface area contributed by atoms with Gasteiger partial charge >= 0.3 is 0 Å². The molecule has 4 aromatic rings. The van der Waals surface area contributed by atoms with Gasteiger partial charge in [-0.2, -0.15) is 5.26 Å². The maximum Gasteiger partial charge on any atom is 0.187 e. The summed E-state index contributed by atoms with van der Waals surface area (Å²) in [6.07, 6.45) is 3.68. The van der Waals surface area contributed by atoms with Gasteiger partial charge in [0.25, 0.3) is 0 Å². The number of rotatable bonds is 18. The molecule has 0 heterocycles. The Balaban J connectivity index is 0.000000424. The van der Waals surface area contributed by atoms with Gasteiger partial charge in [-0.3, -0.25) is 0 Å². The highest BCUT2D eigenvalue weighted by Gasteiger charge is 1.98. The molecule has 0 saturated carbocycles. The molecule has 0 aliphatic carbocycles. The Morgan fingerprint density at radius 1 is 0.558 bits per heavy atom. The van der Waals surface area contributed by atoms with Crippen LogP contribution in [0.4, 0.5) is 17.1 Å². The topological polar surface area (TPSA) is 112 Å². The molecule has 0 spiro atoms. The van der Waals surface area contributed by atoms with Crippen molar-refractivity contribution in [2.45, 2.75) is 25.7 Å². The zero-order valence-corrected chi connectivity index (χ0v) is 31.4. The van der Waals surface area contributed by atoms with Crippen LogP contribution in [0, 0.1) is 31.0 Å². The Labute approximate surface area is 322 Å². The van der Waals surface area contributed by atoms with E-state index in [2.05, 4.69) is 41.9 Å². The molecule has 0 atom stereocenters. The van der Waals surface area contributed by atoms with Crippen LogP contribution >= 0.6 is 28.3 Å². The number of ether oxygens (including phenoxy) is 4. The number of nitrogens with one attached hydrogen (secondary N) is 1. The second-order valence-corrected chi connectivity index (χ2v) is 11.3. The second-order valence-electron chi connectivity index (χ2n) is 10.5. The first-order valence-corrected chi connectivity index (χ1v) is 17.6. The number of hydrogen-bond acceptors (Lipinski definition) is 7. The molecule has 12 heteroatoms. The standard InChI is InChI=1S/C20H21N3O2.C10H10BrNO.C10H12N2O.ClH/c1-22-18-6-10-20(11-7-18)25-15-3-13-23-12-2-14-24-19-8-4-17(16-21)5-9-19;2*1-12-9-3-5-10(6-4-9)13-8-2-7-11;/h4-11,23H,2-3,12-15H2;3-6H,2,7-8H2;3-6H,2,7-8,11H2;1H. The van der Waals surface area contributed by atoms with Crippen molar-refractivity contribution in [3.63, 3.8) is 0 Å². The highest BCUT2D eigenvalue weighted by Crippen LogP contribution is 2.19. The molecule has 0 aromatic heterocycles. The third kappa shape index (κ3) is 20.4. The molecule has 4 rings (SSSR count). The summed E-state index contributed by atoms with van der Waals surface area (Å²) in [6, 6.07) is 30.6. The van der Waals surface area contributed by atoms with Crippen molar-refractivity contribution in [3.05, 3.63) is 137 Å². The molecule has 4 aromatic carbocycles. The zero-order chi connectivity index (χ0) is 36.8. The lowest BCUT2D eigenvalue weighted by atomic mass is 10.2. The van der Waals surface area contributed by atoms with E-state index in [4.69, 9.17) is 49.7 Å². The van der Waals surface area contributed by atoms with E-state index < -0.39 is 0 Å². The molecule has 0 fully saturated rings. The Kier molecular flexibility index (Phi) is 25.4. The largest absolute Gasteiger partial charge is 0.494 e. The summed E-state index contributed by atoms with van der Waals surface area (Å²) in [5.41, 5.74) is 7.86. The Morgan fingerprint density at radius 3 is 1.19 bits per heavy atom. The van der Waals surface area contributed by atoms with E-state index in [1.165, 1.54) is 0 Å². The van der Waals surface area contributed by atoms with E-state index in [9.17, 15) is 0 Å². The Morgan fingerprint density at radius 2 is 0.885 bits per heavy atom. The first kappa shape index (κ1) is 44.8. The summed E-state index contributed by atoms with van der Waals surface area (Å²) in [4.78, 5) is 9.92. The summed E-state index contributed by atoms with van der Waals surface area (Å²) in [5, 5.41) is 13.0. The monoisotopic (exact) mass is 786 g/mol. The van der Waals surface area contributed by atoms with Gasteiger partial charge in [0, 0.05) is 5.33 Å². The van der Waals surface area contributed by atoms with Gasteiger partial charge in [0.2, 0.25) is 0 Å². The first-order valence-electron chi connectivity index (χ1n) is 16.5. The average Bonchev–Trinajstić information content (AvgIpc) is 3.19. The van der Waals surface area contributed by atoms with Gasteiger partial charge < -0.3 is 30.0 Å². The van der Waals surface area contributed by atoms with Gasteiger partial charge in [-0.05, 0) is 106 Å². The van der Waals surface area contributed by atoms with Crippen LogP contribution in [0.5, 0.6) is 23.0 Å². The van der Waals surface area contributed by atoms with Crippen molar-refractivity contribution in [2.75, 3.05) is 51.4 Å². The molecule has 3 N–H and O–H groups in total. The quantitative estimate of drug-likeness (QED) is 0.0587. The highest BCUT2D eigenvalue weighted by atomic mass is 79.9. The number of hydrogen-bond donors (Lipinski definition) is 2. The van der Waals surface area contributed by atoms with Crippen LogP contribution in [-0.2, 0) is 0 Å². The van der Waals surface area contributed by atoms with Crippen LogP contribution in [0.1, 0.15) is 31.2 Å². The molecule has 0 unspecified atom stereocenters. The van der Waals surface area contributed by atoms with Crippen molar-refractivity contribution in [2.24, 2.45) is 5.73 Å². The van der Waals surface area contributed by atoms with Crippen molar-refractivity contribution >= 4 is 45.4 Å². The van der Waals surface area contributed by atoms with Crippen LogP contribution in [0.25, 0.3) is 14.5 Å². The summed E-state index contributed by atoms with van der Waals surface area (Å²) in [7, 11) is 0. The zero-order valence-electron chi connectivity index (χ0n) is 29.0. The van der Waals surface area contributed by atoms with E-state index in [-0.39, 0.29) is 12.4 Å². The molecule has 10 nitrogen and oxygen atoms in total. The van der Waals surface area contributed by atoms with Crippen molar-refractivity contribution < 1.29 is 18.9 Å². The van der Waals surface area contributed by atoms with E-state index in [1.807, 2.05) is 36.4 Å². The number of nitriles is 1. The average molecular weight is 788 g/mol. The summed E-state index contributed by atoms with van der Waals surface area (Å²) in [6.45, 7) is 25.4. The SMILES string of the molecule is Cl.[C-]#[N+]c1ccc(OCCCBr)cc1.[C-]#[N+]c1ccc(OCCCN)cc1.[C-]#[N+]c1ccc(OCCCNCCCOc2ccc(C#N)cc2)cc1. The minimum atomic E-state index is 0. The van der Waals surface area contributed by atoms with Gasteiger partial charge in [-0.1, -0.05) is 52.3 Å². The number of nitrogens with two attached hydrogens (primary N) is 1. The molecular formula is C40H44BrClN6O4. The fourth-order valence-corrected chi connectivity index (χ4v) is 4.12. The van der Waals surface area contributed by atoms with Crippen LogP contribution < -0.4 is 30.0 Å². The van der Waals surface area contributed by atoms with E-state index >= 15 is 0 Å². The predicted molar refractivity (Wildman–Crippen MR) is 213 cm³/mol. The fourth-order valence-electron chi connectivity index (χ4n) is 3.89. The van der Waals surface area contributed by atoms with Gasteiger partial charge in [0.15, 0.2) is 17.1 Å². The van der Waals surface area contributed by atoms with Crippen LogP contribution in [0.2, 0.25) is 0 Å². The summed E-state index contributed by atoms with van der Waals surface area (Å²) >= 11 is 3.33. The smallest absolute Gasteiger partial charge is 0.187 e. The van der Waals surface area contributed by atoms with E-state index in [0.717, 1.165) is 67.1 Å². The normalized spacial score (nSPS) is 9.35. The fraction of sp³-hybridized carbons (Fsp3) is 0.300. The molecule has 272 valence electrons. The maximum absolute atomic E-state index is 8.73. The number of halogens is 2. The molecule has 0 radical (unpaired) electrons. The summed E-state index contributed by atoms with van der Waals surface area (Å²) < 4.78 is 22.0. The van der Waals surface area contributed by atoms with Crippen LogP contribution in [0.3, 0.4) is 0 Å². The van der Waals surface area contributed by atoms with Crippen molar-refractivity contribution in [1.29, 1.82) is 5.26 Å². The minimum absolute atomic E-state index is 0. The van der Waals surface area contributed by atoms with E-state index in [1.54, 1.807) is 60.7 Å². The summed E-state index contributed by atoms with van der Waals surface area (Å²) in [5.74, 6) is 3.20. The molecule has 52 heavy (non-hydrogen) atoms. The number of alkyl halides is 1. The molecule has 0 amide bonds. The van der Waals surface area contributed by atoms with Gasteiger partial charge in [-0.25, -0.2) is 14.5 Å². The molecule has 0 bridgehead atoms. The van der Waals surface area contributed by atoms with Crippen LogP contribution in [-0.4, -0.2) is 51.4 Å². The number of nitrogens with zero attached hydrogens (tertiary/aromatic N) is 4. The third-order valence-corrected chi connectivity index (χ3v) is 7.14.